The number of aliphatic hydroxyl groups excluding tert-OH is 1. The summed E-state index contributed by atoms with van der Waals surface area (Å²) < 4.78 is 26.1. The van der Waals surface area contributed by atoms with Gasteiger partial charge in [-0.1, -0.05) is 68.4 Å². The van der Waals surface area contributed by atoms with Crippen LogP contribution in [0.3, 0.4) is 0 Å². The van der Waals surface area contributed by atoms with Crippen molar-refractivity contribution in [2.24, 2.45) is 5.92 Å². The van der Waals surface area contributed by atoms with E-state index >= 15 is 0 Å². The minimum absolute atomic E-state index is 0.00197. The number of imidazole rings is 1. The second kappa shape index (κ2) is 14.4. The molecule has 2 aromatic heterocycles. The molecule has 3 N–H and O–H groups in total. The third kappa shape index (κ3) is 6.54. The smallest absolute Gasteiger partial charge is 0.280 e. The van der Waals surface area contributed by atoms with E-state index in [4.69, 9.17) is 18.9 Å². The van der Waals surface area contributed by atoms with Crippen LogP contribution in [0, 0.1) is 5.92 Å². The fourth-order valence-corrected chi connectivity index (χ4v) is 6.93. The number of methoxy groups -OCH3 is 2. The van der Waals surface area contributed by atoms with Gasteiger partial charge in [0.1, 0.15) is 23.2 Å². The minimum atomic E-state index is -1.12. The van der Waals surface area contributed by atoms with E-state index in [1.807, 2.05) is 85.1 Å². The molecular formula is C36H39N5O7S. The zero-order chi connectivity index (χ0) is 34.7. The third-order valence-corrected chi connectivity index (χ3v) is 9.75. The van der Waals surface area contributed by atoms with Gasteiger partial charge in [-0.25, -0.2) is 4.98 Å². The number of hydrogen-bond donors (Lipinski definition) is 3. The molecule has 49 heavy (non-hydrogen) atoms. The van der Waals surface area contributed by atoms with Gasteiger partial charge in [-0.2, -0.15) is 16.7 Å². The van der Waals surface area contributed by atoms with Gasteiger partial charge in [0, 0.05) is 5.92 Å². The standard InChI is InChI=1S/C36H39N5O7S/c1-21(2)32(43)39-35-38-31-28(33(44)40-35)37-20-41(31)34-30(49-5)29(42)27(48-34)19-47-36(22-9-7-6-8-10-22,23-11-15-25(45-3)16-12-23)24-13-17-26(46-4)18-14-24/h6-18,20-21,27,29-30,34,42H,19H2,1-5H3,(H2,38,39,40,43,44)/t27-,29-,30-,34-/m1/s1. The molecule has 0 unspecified atom stereocenters. The number of H-pyrrole nitrogens is 1. The van der Waals surface area contributed by atoms with Crippen molar-refractivity contribution in [2.45, 2.75) is 43.1 Å². The number of carbonyl (C=O) groups excluding carboxylic acids is 1. The topological polar surface area (TPSA) is 150 Å². The summed E-state index contributed by atoms with van der Waals surface area (Å²) in [5.41, 5.74) is 1.24. The molecule has 13 heteroatoms. The first-order valence-corrected chi connectivity index (χ1v) is 17.1. The summed E-state index contributed by atoms with van der Waals surface area (Å²) in [4.78, 5) is 36.6. The molecule has 1 amide bonds. The van der Waals surface area contributed by atoms with Gasteiger partial charge in [0.2, 0.25) is 11.9 Å². The van der Waals surface area contributed by atoms with Crippen molar-refractivity contribution < 1.29 is 28.8 Å². The molecule has 0 saturated carbocycles. The van der Waals surface area contributed by atoms with E-state index < -0.39 is 34.8 Å². The molecule has 1 fully saturated rings. The third-order valence-electron chi connectivity index (χ3n) is 8.69. The fraction of sp³-hybridized carbons (Fsp3) is 0.333. The number of carbonyl (C=O) groups is 1. The molecule has 4 atom stereocenters. The summed E-state index contributed by atoms with van der Waals surface area (Å²) in [7, 11) is 3.24. The number of amides is 1. The molecule has 0 spiro atoms. The number of ether oxygens (including phenoxy) is 4. The summed E-state index contributed by atoms with van der Waals surface area (Å²) in [5.74, 6) is 0.791. The second-order valence-corrected chi connectivity index (χ2v) is 13.0. The van der Waals surface area contributed by atoms with Gasteiger partial charge in [0.15, 0.2) is 17.4 Å². The number of benzene rings is 3. The zero-order valence-electron chi connectivity index (χ0n) is 27.8. The first-order valence-electron chi connectivity index (χ1n) is 15.8. The molecule has 1 saturated heterocycles. The Bertz CT molecular complexity index is 1900. The largest absolute Gasteiger partial charge is 0.497 e. The predicted octanol–water partition coefficient (Wildman–Crippen LogP) is 4.73. The van der Waals surface area contributed by atoms with Gasteiger partial charge in [-0.15, -0.1) is 0 Å². The number of nitrogens with one attached hydrogen (secondary N) is 2. The molecule has 1 aliphatic heterocycles. The molecule has 0 aliphatic carbocycles. The van der Waals surface area contributed by atoms with Gasteiger partial charge in [0.05, 0.1) is 38.5 Å². The number of fused-ring (bicyclic) bond motifs is 1. The van der Waals surface area contributed by atoms with Crippen molar-refractivity contribution in [3.8, 4) is 11.5 Å². The van der Waals surface area contributed by atoms with Gasteiger partial charge in [-0.05, 0) is 47.2 Å². The molecule has 3 aromatic carbocycles. The summed E-state index contributed by atoms with van der Waals surface area (Å²) in [5, 5.41) is 13.9. The summed E-state index contributed by atoms with van der Waals surface area (Å²) in [6.07, 6.45) is 0.860. The van der Waals surface area contributed by atoms with Crippen LogP contribution in [0.25, 0.3) is 11.2 Å². The normalized spacial score (nSPS) is 19.3. The number of anilines is 1. The van der Waals surface area contributed by atoms with Crippen molar-refractivity contribution >= 4 is 34.8 Å². The lowest BCUT2D eigenvalue weighted by Crippen LogP contribution is -2.39. The van der Waals surface area contributed by atoms with Gasteiger partial charge in [-0.3, -0.25) is 24.5 Å². The summed E-state index contributed by atoms with van der Waals surface area (Å²) in [6.45, 7) is 3.48. The first kappa shape index (κ1) is 34.2. The van der Waals surface area contributed by atoms with Crippen molar-refractivity contribution in [3.63, 3.8) is 0 Å². The van der Waals surface area contributed by atoms with Crippen molar-refractivity contribution in [1.29, 1.82) is 0 Å². The van der Waals surface area contributed by atoms with Crippen LogP contribution in [0.15, 0.2) is 90.0 Å². The molecular weight excluding hydrogens is 646 g/mol. The number of aromatic nitrogens is 4. The van der Waals surface area contributed by atoms with E-state index in [1.165, 1.54) is 18.1 Å². The monoisotopic (exact) mass is 685 g/mol. The number of rotatable bonds is 12. The highest BCUT2D eigenvalue weighted by atomic mass is 32.2. The van der Waals surface area contributed by atoms with Crippen LogP contribution < -0.4 is 20.3 Å². The maximum atomic E-state index is 12.9. The Morgan fingerprint density at radius 2 is 1.59 bits per heavy atom. The van der Waals surface area contributed by atoms with Crippen LogP contribution in [-0.2, 0) is 19.9 Å². The minimum Gasteiger partial charge on any atom is -0.497 e. The Balaban J connectivity index is 1.38. The van der Waals surface area contributed by atoms with Crippen LogP contribution in [0.5, 0.6) is 11.5 Å². The first-order chi connectivity index (χ1) is 23.7. The molecule has 1 aliphatic rings. The number of hydrogen-bond acceptors (Lipinski definition) is 10. The van der Waals surface area contributed by atoms with Crippen LogP contribution >= 0.6 is 11.8 Å². The predicted molar refractivity (Wildman–Crippen MR) is 187 cm³/mol. The van der Waals surface area contributed by atoms with E-state index in [2.05, 4.69) is 20.3 Å². The average molecular weight is 686 g/mol. The Hall–Kier alpha value is -4.69. The molecule has 256 valence electrons. The van der Waals surface area contributed by atoms with Gasteiger partial charge < -0.3 is 24.1 Å². The highest BCUT2D eigenvalue weighted by Gasteiger charge is 2.47. The Labute approximate surface area is 287 Å². The van der Waals surface area contributed by atoms with Crippen LogP contribution in [-0.4, -0.2) is 75.1 Å². The highest BCUT2D eigenvalue weighted by molar-refractivity contribution is 7.99. The molecule has 0 bridgehead atoms. The van der Waals surface area contributed by atoms with E-state index in [0.29, 0.717) is 11.5 Å². The molecule has 6 rings (SSSR count). The molecule has 5 aromatic rings. The maximum Gasteiger partial charge on any atom is 0.280 e. The lowest BCUT2D eigenvalue weighted by Gasteiger charge is -2.37. The Morgan fingerprint density at radius 1 is 1.00 bits per heavy atom. The summed E-state index contributed by atoms with van der Waals surface area (Å²) >= 11 is 1.42. The highest BCUT2D eigenvalue weighted by Crippen LogP contribution is 2.44. The van der Waals surface area contributed by atoms with E-state index in [9.17, 15) is 14.7 Å². The number of thioether (sulfide) groups is 1. The van der Waals surface area contributed by atoms with Crippen LogP contribution in [0.4, 0.5) is 5.95 Å². The average Bonchev–Trinajstić information content (AvgIpc) is 3.69. The lowest BCUT2D eigenvalue weighted by atomic mass is 9.80. The van der Waals surface area contributed by atoms with Gasteiger partial charge in [0.25, 0.3) is 5.56 Å². The van der Waals surface area contributed by atoms with Crippen molar-refractivity contribution in [1.82, 2.24) is 19.5 Å². The Morgan fingerprint density at radius 3 is 2.14 bits per heavy atom. The number of aromatic amines is 1. The lowest BCUT2D eigenvalue weighted by molar-refractivity contribution is -0.118. The zero-order valence-corrected chi connectivity index (χ0v) is 28.6. The SMILES string of the molecule is COc1ccc(C(OC[C@H]2O[C@@H](n3cnc4c(=O)[nH]c(NC(=O)C(C)C)nc43)[C@H](SC)[C@@H]2O)(c2ccccc2)c2ccc(OC)cc2)cc1. The summed E-state index contributed by atoms with van der Waals surface area (Å²) in [6, 6.07) is 25.3. The molecule has 12 nitrogen and oxygen atoms in total. The Kier molecular flexibility index (Phi) is 10.1. The molecule has 0 radical (unpaired) electrons. The van der Waals surface area contributed by atoms with Crippen LogP contribution in [0.1, 0.15) is 36.8 Å². The van der Waals surface area contributed by atoms with E-state index in [-0.39, 0.29) is 35.5 Å². The van der Waals surface area contributed by atoms with E-state index in [1.54, 1.807) is 32.6 Å². The van der Waals surface area contributed by atoms with Gasteiger partial charge >= 0.3 is 0 Å². The number of nitrogens with zero attached hydrogens (tertiary/aromatic N) is 3. The van der Waals surface area contributed by atoms with Crippen molar-refractivity contribution in [3.05, 3.63) is 112 Å². The maximum absolute atomic E-state index is 12.9. The van der Waals surface area contributed by atoms with Crippen molar-refractivity contribution in [2.75, 3.05) is 32.4 Å². The van der Waals surface area contributed by atoms with Crippen LogP contribution in [0.2, 0.25) is 0 Å². The molecule has 3 heterocycles. The quantitative estimate of drug-likeness (QED) is 0.157. The fourth-order valence-electron chi connectivity index (χ4n) is 6.05. The second-order valence-electron chi connectivity index (χ2n) is 12.0. The van der Waals surface area contributed by atoms with E-state index in [0.717, 1.165) is 16.7 Å². The number of aliphatic hydroxyl groups is 1.